The molecule has 0 bridgehead atoms. The van der Waals surface area contributed by atoms with Crippen LogP contribution in [-0.2, 0) is 20.3 Å². The highest BCUT2D eigenvalue weighted by molar-refractivity contribution is 7.85. The van der Waals surface area contributed by atoms with Crippen LogP contribution in [0, 0.1) is 0 Å². The Morgan fingerprint density at radius 1 is 1.28 bits per heavy atom. The molecular formula is C17H17ClN2O4S. The van der Waals surface area contributed by atoms with E-state index in [0.29, 0.717) is 21.5 Å². The number of carbonyl (C=O) groups is 2. The summed E-state index contributed by atoms with van der Waals surface area (Å²) >= 11 is 5.73. The number of anilines is 1. The first-order valence-electron chi connectivity index (χ1n) is 7.53. The summed E-state index contributed by atoms with van der Waals surface area (Å²) in [6.07, 6.45) is 0.345. The van der Waals surface area contributed by atoms with Crippen molar-refractivity contribution < 1.29 is 18.5 Å². The number of amides is 1. The van der Waals surface area contributed by atoms with Crippen molar-refractivity contribution >= 4 is 40.1 Å². The van der Waals surface area contributed by atoms with Crippen LogP contribution >= 0.6 is 11.6 Å². The molecule has 0 saturated carbocycles. The molecule has 6 nitrogen and oxygen atoms in total. The second-order valence-electron chi connectivity index (χ2n) is 5.03. The van der Waals surface area contributed by atoms with E-state index in [4.69, 9.17) is 16.3 Å². The fourth-order valence-electron chi connectivity index (χ4n) is 1.94. The number of hydrogen-bond acceptors (Lipinski definition) is 5. The zero-order chi connectivity index (χ0) is 18.4. The fraction of sp³-hybridized carbons (Fsp3) is 0.235. The van der Waals surface area contributed by atoms with Gasteiger partial charge < -0.3 is 10.1 Å². The maximum absolute atomic E-state index is 12.3. The average molecular weight is 381 g/mol. The quantitative estimate of drug-likeness (QED) is 0.778. The lowest BCUT2D eigenvalue weighted by Crippen LogP contribution is -2.30. The summed E-state index contributed by atoms with van der Waals surface area (Å²) in [5, 5.41) is 2.97. The molecular weight excluding hydrogens is 364 g/mol. The lowest BCUT2D eigenvalue weighted by atomic mass is 10.2. The zero-order valence-electron chi connectivity index (χ0n) is 13.7. The van der Waals surface area contributed by atoms with Gasteiger partial charge in [0, 0.05) is 11.9 Å². The van der Waals surface area contributed by atoms with Crippen molar-refractivity contribution in [3.8, 4) is 0 Å². The minimum Gasteiger partial charge on any atom is -0.449 e. The van der Waals surface area contributed by atoms with Crippen LogP contribution in [0.3, 0.4) is 0 Å². The molecule has 0 fully saturated rings. The van der Waals surface area contributed by atoms with E-state index in [-0.39, 0.29) is 5.56 Å². The Kier molecular flexibility index (Phi) is 6.66. The van der Waals surface area contributed by atoms with E-state index in [1.165, 1.54) is 25.3 Å². The van der Waals surface area contributed by atoms with Crippen molar-refractivity contribution in [3.05, 3.63) is 53.2 Å². The van der Waals surface area contributed by atoms with Crippen LogP contribution in [0.15, 0.2) is 47.5 Å². The molecule has 1 N–H and O–H groups in total. The lowest BCUT2D eigenvalue weighted by molar-refractivity contribution is -0.123. The Balaban J connectivity index is 2.06. The van der Waals surface area contributed by atoms with E-state index < -0.39 is 28.8 Å². The van der Waals surface area contributed by atoms with Crippen molar-refractivity contribution in [2.24, 2.45) is 0 Å². The molecule has 0 aliphatic rings. The van der Waals surface area contributed by atoms with Gasteiger partial charge in [-0.15, -0.1) is 0 Å². The van der Waals surface area contributed by atoms with Gasteiger partial charge in [0.2, 0.25) is 0 Å². The highest BCUT2D eigenvalue weighted by atomic mass is 35.5. The lowest BCUT2D eigenvalue weighted by Gasteiger charge is -2.14. The van der Waals surface area contributed by atoms with Crippen molar-refractivity contribution in [1.82, 2.24) is 4.98 Å². The molecule has 1 aromatic heterocycles. The zero-order valence-corrected chi connectivity index (χ0v) is 15.3. The number of esters is 1. The number of rotatable bonds is 6. The number of nitrogens with one attached hydrogen (secondary N) is 1. The Hall–Kier alpha value is -2.25. The summed E-state index contributed by atoms with van der Waals surface area (Å²) in [5.41, 5.74) is 0.187. The van der Waals surface area contributed by atoms with Crippen molar-refractivity contribution in [2.75, 3.05) is 11.1 Å². The van der Waals surface area contributed by atoms with Gasteiger partial charge in [-0.05, 0) is 31.2 Å². The van der Waals surface area contributed by atoms with Crippen LogP contribution < -0.4 is 5.32 Å². The summed E-state index contributed by atoms with van der Waals surface area (Å²) < 4.78 is 17.2. The molecule has 8 heteroatoms. The Morgan fingerprint density at radius 2 is 2.00 bits per heavy atom. The summed E-state index contributed by atoms with van der Waals surface area (Å²) in [4.78, 5) is 28.8. The molecule has 2 rings (SSSR count). The Morgan fingerprint density at radius 3 is 2.64 bits per heavy atom. The summed E-state index contributed by atoms with van der Waals surface area (Å²) in [7, 11) is -1.31. The molecule has 0 aliphatic heterocycles. The minimum atomic E-state index is -1.31. The first-order chi connectivity index (χ1) is 11.9. The van der Waals surface area contributed by atoms with Gasteiger partial charge in [0.15, 0.2) is 6.10 Å². The van der Waals surface area contributed by atoms with Gasteiger partial charge in [-0.3, -0.25) is 9.00 Å². The van der Waals surface area contributed by atoms with E-state index in [0.717, 1.165) is 0 Å². The molecule has 0 radical (unpaired) electrons. The third-order valence-corrected chi connectivity index (χ3v) is 4.84. The predicted molar refractivity (Wildman–Crippen MR) is 96.1 cm³/mol. The first kappa shape index (κ1) is 19.1. The molecule has 0 saturated heterocycles. The molecule has 25 heavy (non-hydrogen) atoms. The van der Waals surface area contributed by atoms with Crippen LogP contribution in [-0.4, -0.2) is 32.9 Å². The number of halogens is 1. The van der Waals surface area contributed by atoms with Crippen LogP contribution in [0.4, 0.5) is 5.82 Å². The van der Waals surface area contributed by atoms with Crippen LogP contribution in [0.2, 0.25) is 5.02 Å². The molecule has 0 spiro atoms. The predicted octanol–water partition coefficient (Wildman–Crippen LogP) is 3.05. The molecule has 1 amide bonds. The van der Waals surface area contributed by atoms with Gasteiger partial charge in [-0.1, -0.05) is 30.7 Å². The van der Waals surface area contributed by atoms with Crippen LogP contribution in [0.25, 0.3) is 0 Å². The molecule has 1 heterocycles. The maximum Gasteiger partial charge on any atom is 0.340 e. The molecule has 2 atom stereocenters. The van der Waals surface area contributed by atoms with Crippen LogP contribution in [0.1, 0.15) is 24.2 Å². The van der Waals surface area contributed by atoms with Crippen molar-refractivity contribution in [2.45, 2.75) is 24.8 Å². The van der Waals surface area contributed by atoms with Gasteiger partial charge in [-0.2, -0.15) is 0 Å². The Labute approximate surface area is 153 Å². The summed E-state index contributed by atoms with van der Waals surface area (Å²) in [6, 6.07) is 9.60. The summed E-state index contributed by atoms with van der Waals surface area (Å²) in [6.45, 7) is 3.20. The second-order valence-corrected chi connectivity index (χ2v) is 7.17. The minimum absolute atomic E-state index is 0.187. The number of carbonyl (C=O) groups excluding carboxylic acids is 2. The topological polar surface area (TPSA) is 85.4 Å². The maximum atomic E-state index is 12.3. The second kappa shape index (κ2) is 8.73. The van der Waals surface area contributed by atoms with Gasteiger partial charge >= 0.3 is 5.97 Å². The van der Waals surface area contributed by atoms with E-state index in [1.807, 2.05) is 0 Å². The Bertz CT molecular complexity index is 795. The molecule has 1 aromatic carbocycles. The van der Waals surface area contributed by atoms with E-state index in [2.05, 4.69) is 10.3 Å². The van der Waals surface area contributed by atoms with E-state index >= 15 is 0 Å². The number of ether oxygens (including phenoxy) is 1. The standard InChI is InChI=1S/C17H17ClN2O4S/c1-3-25(23)14-7-5-4-6-13(14)17(22)24-11(2)16(21)20-15-9-8-12(18)10-19-15/h4-11H,3H2,1-2H3,(H,19,20,21)/t11-,25+/m0/s1. The normalized spacial score (nSPS) is 12.9. The number of aromatic nitrogens is 1. The third-order valence-electron chi connectivity index (χ3n) is 3.25. The third kappa shape index (κ3) is 5.11. The molecule has 132 valence electrons. The molecule has 0 aliphatic carbocycles. The number of hydrogen-bond donors (Lipinski definition) is 1. The average Bonchev–Trinajstić information content (AvgIpc) is 2.62. The van der Waals surface area contributed by atoms with E-state index in [1.54, 1.807) is 31.2 Å². The smallest absolute Gasteiger partial charge is 0.340 e. The number of benzene rings is 1. The van der Waals surface area contributed by atoms with Crippen molar-refractivity contribution in [3.63, 3.8) is 0 Å². The fourth-order valence-corrected chi connectivity index (χ4v) is 2.99. The number of pyridine rings is 1. The SMILES string of the molecule is CC[S@@](=O)c1ccccc1C(=O)O[C@@H](C)C(=O)Nc1ccc(Cl)cn1. The molecule has 0 unspecified atom stereocenters. The summed E-state index contributed by atoms with van der Waals surface area (Å²) in [5.74, 6) is -0.561. The molecule has 2 aromatic rings. The van der Waals surface area contributed by atoms with Gasteiger partial charge in [0.25, 0.3) is 5.91 Å². The monoisotopic (exact) mass is 380 g/mol. The van der Waals surface area contributed by atoms with Crippen LogP contribution in [0.5, 0.6) is 0 Å². The van der Waals surface area contributed by atoms with Crippen molar-refractivity contribution in [1.29, 1.82) is 0 Å². The van der Waals surface area contributed by atoms with E-state index in [9.17, 15) is 13.8 Å². The highest BCUT2D eigenvalue weighted by Crippen LogP contribution is 2.16. The van der Waals surface area contributed by atoms with Gasteiger partial charge in [0.1, 0.15) is 5.82 Å². The van der Waals surface area contributed by atoms with Gasteiger partial charge in [0.05, 0.1) is 26.3 Å². The first-order valence-corrected chi connectivity index (χ1v) is 9.23. The highest BCUT2D eigenvalue weighted by Gasteiger charge is 2.22. The van der Waals surface area contributed by atoms with Gasteiger partial charge in [-0.25, -0.2) is 9.78 Å². The largest absolute Gasteiger partial charge is 0.449 e. The number of nitrogens with zero attached hydrogens (tertiary/aromatic N) is 1.